The number of rotatable bonds is 6. The first-order chi connectivity index (χ1) is 11.3. The number of ether oxygens (including phenoxy) is 2. The third-order valence-corrected chi connectivity index (χ3v) is 5.59. The van der Waals surface area contributed by atoms with E-state index in [9.17, 15) is 19.8 Å². The number of hydrogen-bond donors (Lipinski definition) is 2. The van der Waals surface area contributed by atoms with Crippen LogP contribution in [0.5, 0.6) is 0 Å². The summed E-state index contributed by atoms with van der Waals surface area (Å²) in [4.78, 5) is 23.8. The molecule has 0 aromatic rings. The van der Waals surface area contributed by atoms with E-state index >= 15 is 0 Å². The van der Waals surface area contributed by atoms with Gasteiger partial charge < -0.3 is 19.7 Å². The van der Waals surface area contributed by atoms with E-state index in [0.717, 1.165) is 32.1 Å². The van der Waals surface area contributed by atoms with E-state index < -0.39 is 23.1 Å². The average Bonchev–Trinajstić information content (AvgIpc) is 2.48. The molecule has 4 aliphatic rings. The minimum atomic E-state index is -1.04. The number of carbonyl (C=O) groups excluding carboxylic acids is 2. The van der Waals surface area contributed by atoms with Gasteiger partial charge in [-0.3, -0.25) is 4.79 Å². The molecule has 2 N–H and O–H groups in total. The number of aliphatic hydroxyl groups excluding tert-OH is 1. The van der Waals surface area contributed by atoms with Gasteiger partial charge in [0.05, 0.1) is 11.0 Å². The highest BCUT2D eigenvalue weighted by molar-refractivity contribution is 5.81. The van der Waals surface area contributed by atoms with E-state index in [-0.39, 0.29) is 19.2 Å². The zero-order valence-electron chi connectivity index (χ0n) is 14.1. The van der Waals surface area contributed by atoms with Crippen molar-refractivity contribution in [1.82, 2.24) is 0 Å². The van der Waals surface area contributed by atoms with Gasteiger partial charge in [-0.15, -0.1) is 0 Å². The van der Waals surface area contributed by atoms with Crippen molar-refractivity contribution in [3.63, 3.8) is 0 Å². The molecule has 4 aliphatic carbocycles. The van der Waals surface area contributed by atoms with Crippen LogP contribution in [0.3, 0.4) is 0 Å². The maximum Gasteiger partial charge on any atom is 0.330 e. The molecule has 0 spiro atoms. The Hall–Kier alpha value is -1.40. The predicted molar refractivity (Wildman–Crippen MR) is 84.8 cm³/mol. The Labute approximate surface area is 141 Å². The monoisotopic (exact) mass is 338 g/mol. The molecule has 0 aliphatic heterocycles. The molecule has 24 heavy (non-hydrogen) atoms. The largest absolute Gasteiger partial charge is 0.462 e. The molecule has 6 nitrogen and oxygen atoms in total. The molecular weight excluding hydrogens is 312 g/mol. The van der Waals surface area contributed by atoms with Crippen molar-refractivity contribution >= 4 is 11.9 Å². The zero-order valence-corrected chi connectivity index (χ0v) is 14.1. The summed E-state index contributed by atoms with van der Waals surface area (Å²) in [7, 11) is 0. The van der Waals surface area contributed by atoms with Crippen LogP contribution >= 0.6 is 0 Å². The van der Waals surface area contributed by atoms with Crippen LogP contribution in [-0.2, 0) is 19.1 Å². The number of aliphatic hydroxyl groups is 2. The molecule has 0 amide bonds. The van der Waals surface area contributed by atoms with Gasteiger partial charge in [-0.05, 0) is 57.3 Å². The number of allylic oxidation sites excluding steroid dienone is 1. The third-order valence-electron chi connectivity index (χ3n) is 5.59. The van der Waals surface area contributed by atoms with Crippen LogP contribution in [0, 0.1) is 17.3 Å². The Kier molecular flexibility index (Phi) is 4.71. The summed E-state index contributed by atoms with van der Waals surface area (Å²) in [5.41, 5.74) is -1.32. The van der Waals surface area contributed by atoms with Gasteiger partial charge in [-0.2, -0.15) is 0 Å². The van der Waals surface area contributed by atoms with Crippen LogP contribution in [0.1, 0.15) is 45.4 Å². The van der Waals surface area contributed by atoms with Crippen molar-refractivity contribution in [2.75, 3.05) is 13.2 Å². The highest BCUT2D eigenvalue weighted by Crippen LogP contribution is 2.61. The van der Waals surface area contributed by atoms with Gasteiger partial charge in [0.1, 0.15) is 19.3 Å². The SMILES string of the molecule is CC=CC(=O)OCC(O)COC(=O)C12CC3CC(CC(O)(C3)C1)C2. The lowest BCUT2D eigenvalue weighted by atomic mass is 9.48. The van der Waals surface area contributed by atoms with Crippen LogP contribution in [-0.4, -0.2) is 47.1 Å². The molecule has 3 unspecified atom stereocenters. The Balaban J connectivity index is 1.51. The van der Waals surface area contributed by atoms with Gasteiger partial charge in [0, 0.05) is 6.08 Å². The first-order valence-electron chi connectivity index (χ1n) is 8.71. The van der Waals surface area contributed by atoms with Gasteiger partial charge >= 0.3 is 11.9 Å². The smallest absolute Gasteiger partial charge is 0.330 e. The molecule has 0 aromatic carbocycles. The highest BCUT2D eigenvalue weighted by atomic mass is 16.6. The molecule has 4 saturated carbocycles. The van der Waals surface area contributed by atoms with Crippen molar-refractivity contribution in [2.24, 2.45) is 17.3 Å². The van der Waals surface area contributed by atoms with Gasteiger partial charge in [0.15, 0.2) is 0 Å². The average molecular weight is 338 g/mol. The predicted octanol–water partition coefficient (Wildman–Crippen LogP) is 1.34. The molecule has 3 atom stereocenters. The van der Waals surface area contributed by atoms with Crippen molar-refractivity contribution < 1.29 is 29.3 Å². The minimum Gasteiger partial charge on any atom is -0.462 e. The van der Waals surface area contributed by atoms with Gasteiger partial charge in [0.25, 0.3) is 0 Å². The van der Waals surface area contributed by atoms with E-state index in [1.54, 1.807) is 13.0 Å². The van der Waals surface area contributed by atoms with Crippen LogP contribution in [0.4, 0.5) is 0 Å². The summed E-state index contributed by atoms with van der Waals surface area (Å²) >= 11 is 0. The van der Waals surface area contributed by atoms with E-state index in [1.165, 1.54) is 6.08 Å². The van der Waals surface area contributed by atoms with Gasteiger partial charge in [-0.1, -0.05) is 6.08 Å². The van der Waals surface area contributed by atoms with Crippen LogP contribution in [0.25, 0.3) is 0 Å². The van der Waals surface area contributed by atoms with Crippen molar-refractivity contribution in [3.8, 4) is 0 Å². The summed E-state index contributed by atoms with van der Waals surface area (Å²) in [5, 5.41) is 20.5. The Morgan fingerprint density at radius 1 is 1.17 bits per heavy atom. The first-order valence-corrected chi connectivity index (χ1v) is 8.71. The lowest BCUT2D eigenvalue weighted by molar-refractivity contribution is -0.198. The lowest BCUT2D eigenvalue weighted by Crippen LogP contribution is -2.58. The zero-order chi connectivity index (χ0) is 17.4. The maximum absolute atomic E-state index is 12.6. The number of carbonyl (C=O) groups is 2. The van der Waals surface area contributed by atoms with E-state index in [0.29, 0.717) is 18.3 Å². The molecule has 134 valence electrons. The standard InChI is InChI=1S/C18H26O6/c1-2-3-15(20)23-9-14(19)10-24-16(21)17-5-12-4-13(6-17)8-18(22,7-12)11-17/h2-3,12-14,19,22H,4-11H2,1H3. The van der Waals surface area contributed by atoms with E-state index in [2.05, 4.69) is 0 Å². The molecule has 0 saturated heterocycles. The normalized spacial score (nSPS) is 38.3. The molecule has 0 heterocycles. The molecule has 4 rings (SSSR count). The number of hydrogen-bond acceptors (Lipinski definition) is 6. The first kappa shape index (κ1) is 17.4. The number of esters is 2. The Bertz CT molecular complexity index is 526. The van der Waals surface area contributed by atoms with Crippen molar-refractivity contribution in [3.05, 3.63) is 12.2 Å². The summed E-state index contributed by atoms with van der Waals surface area (Å²) in [6.45, 7) is 1.29. The van der Waals surface area contributed by atoms with E-state index in [4.69, 9.17) is 9.47 Å². The molecule has 6 heteroatoms. The quantitative estimate of drug-likeness (QED) is 0.561. The molecule has 0 radical (unpaired) electrons. The topological polar surface area (TPSA) is 93.1 Å². The van der Waals surface area contributed by atoms with Gasteiger partial charge in [0.2, 0.25) is 0 Å². The summed E-state index contributed by atoms with van der Waals surface area (Å²) in [5.74, 6) is -0.0638. The van der Waals surface area contributed by atoms with Crippen LogP contribution < -0.4 is 0 Å². The second-order valence-corrected chi connectivity index (χ2v) is 7.85. The molecular formula is C18H26O6. The Morgan fingerprint density at radius 3 is 2.38 bits per heavy atom. The molecule has 0 aromatic heterocycles. The second kappa shape index (κ2) is 6.48. The molecule has 4 fully saturated rings. The fraction of sp³-hybridized carbons (Fsp3) is 0.778. The fourth-order valence-corrected chi connectivity index (χ4v) is 5.19. The maximum atomic E-state index is 12.6. The van der Waals surface area contributed by atoms with Crippen molar-refractivity contribution in [2.45, 2.75) is 57.2 Å². The molecule has 4 bridgehead atoms. The van der Waals surface area contributed by atoms with Gasteiger partial charge in [-0.25, -0.2) is 4.79 Å². The van der Waals surface area contributed by atoms with Crippen molar-refractivity contribution in [1.29, 1.82) is 0 Å². The summed E-state index contributed by atoms with van der Waals surface area (Å²) in [6, 6.07) is 0. The third kappa shape index (κ3) is 3.49. The summed E-state index contributed by atoms with van der Waals surface area (Å²) < 4.78 is 10.2. The van der Waals surface area contributed by atoms with Crippen LogP contribution in [0.2, 0.25) is 0 Å². The fourth-order valence-electron chi connectivity index (χ4n) is 5.19. The second-order valence-electron chi connectivity index (χ2n) is 7.85. The minimum absolute atomic E-state index is 0.197. The summed E-state index contributed by atoms with van der Waals surface area (Å²) in [6.07, 6.45) is 6.47. The van der Waals surface area contributed by atoms with E-state index in [1.807, 2.05) is 0 Å². The highest BCUT2D eigenvalue weighted by Gasteiger charge is 2.60. The lowest BCUT2D eigenvalue weighted by Gasteiger charge is -2.58. The Morgan fingerprint density at radius 2 is 1.79 bits per heavy atom. The van der Waals surface area contributed by atoms with Crippen LogP contribution in [0.15, 0.2) is 12.2 Å².